The molecule has 236 valence electrons. The Morgan fingerprint density at radius 1 is 0.822 bits per heavy atom. The molecule has 0 spiro atoms. The zero-order valence-corrected chi connectivity index (χ0v) is 27.5. The van der Waals surface area contributed by atoms with Gasteiger partial charge in [-0.25, -0.2) is 8.42 Å². The number of amides is 2. The van der Waals surface area contributed by atoms with E-state index in [0.29, 0.717) is 11.3 Å². The van der Waals surface area contributed by atoms with Crippen LogP contribution in [0.15, 0.2) is 108 Å². The molecule has 0 aliphatic heterocycles. The first-order chi connectivity index (χ1) is 21.5. The maximum atomic E-state index is 14.5. The van der Waals surface area contributed by atoms with E-state index < -0.39 is 28.5 Å². The normalized spacial score (nSPS) is 12.0. The van der Waals surface area contributed by atoms with Crippen LogP contribution >= 0.6 is 23.2 Å². The number of nitrogens with zero attached hydrogens (tertiary/aromatic N) is 2. The number of hydrogen-bond acceptors (Lipinski definition) is 5. The maximum absolute atomic E-state index is 14.5. The Bertz CT molecular complexity index is 1700. The highest BCUT2D eigenvalue weighted by Crippen LogP contribution is 2.30. The van der Waals surface area contributed by atoms with E-state index >= 15 is 0 Å². The minimum absolute atomic E-state index is 0.00851. The summed E-state index contributed by atoms with van der Waals surface area (Å²) in [5, 5.41) is 3.34. The summed E-state index contributed by atoms with van der Waals surface area (Å²) < 4.78 is 34.5. The van der Waals surface area contributed by atoms with Crippen molar-refractivity contribution < 1.29 is 22.7 Å². The van der Waals surface area contributed by atoms with Gasteiger partial charge in [0.1, 0.15) is 18.3 Å². The molecule has 0 fully saturated rings. The molecule has 2 amide bonds. The molecule has 0 saturated heterocycles. The number of anilines is 1. The Kier molecular flexibility index (Phi) is 11.5. The van der Waals surface area contributed by atoms with E-state index in [9.17, 15) is 18.0 Å². The molecule has 4 aromatic carbocycles. The van der Waals surface area contributed by atoms with E-state index in [1.54, 1.807) is 43.5 Å². The van der Waals surface area contributed by atoms with Crippen LogP contribution in [-0.4, -0.2) is 50.9 Å². The number of carbonyl (C=O) groups excluding carboxylic acids is 2. The lowest BCUT2D eigenvalue weighted by Crippen LogP contribution is -2.54. The predicted molar refractivity (Wildman–Crippen MR) is 178 cm³/mol. The number of sulfonamides is 1. The summed E-state index contributed by atoms with van der Waals surface area (Å²) in [4.78, 5) is 29.7. The highest BCUT2D eigenvalue weighted by atomic mass is 35.5. The number of methoxy groups -OCH3 is 1. The minimum Gasteiger partial charge on any atom is -0.497 e. The average Bonchev–Trinajstić information content (AvgIpc) is 3.01. The third-order valence-corrected chi connectivity index (χ3v) is 9.16. The van der Waals surface area contributed by atoms with Gasteiger partial charge in [-0.05, 0) is 67.4 Å². The van der Waals surface area contributed by atoms with Crippen molar-refractivity contribution in [3.63, 3.8) is 0 Å². The Morgan fingerprint density at radius 2 is 1.42 bits per heavy atom. The van der Waals surface area contributed by atoms with Gasteiger partial charge in [0.15, 0.2) is 0 Å². The van der Waals surface area contributed by atoms with Crippen LogP contribution in [0.2, 0.25) is 10.0 Å². The quantitative estimate of drug-likeness (QED) is 0.179. The van der Waals surface area contributed by atoms with Gasteiger partial charge in [0.25, 0.3) is 10.0 Å². The molecule has 4 aromatic rings. The van der Waals surface area contributed by atoms with Gasteiger partial charge in [0.05, 0.1) is 17.7 Å². The number of ether oxygens (including phenoxy) is 1. The van der Waals surface area contributed by atoms with Crippen molar-refractivity contribution in [2.75, 3.05) is 18.0 Å². The van der Waals surface area contributed by atoms with Crippen LogP contribution in [-0.2, 0) is 32.6 Å². The smallest absolute Gasteiger partial charge is 0.264 e. The molecule has 8 nitrogen and oxygen atoms in total. The molecule has 0 aliphatic carbocycles. The molecule has 0 aromatic heterocycles. The number of carbonyl (C=O) groups is 2. The van der Waals surface area contributed by atoms with Crippen LogP contribution in [0.4, 0.5) is 5.69 Å². The maximum Gasteiger partial charge on any atom is 0.264 e. The van der Waals surface area contributed by atoms with Crippen molar-refractivity contribution in [3.8, 4) is 5.75 Å². The van der Waals surface area contributed by atoms with Gasteiger partial charge in [-0.1, -0.05) is 83.9 Å². The number of halogens is 2. The highest BCUT2D eigenvalue weighted by molar-refractivity contribution is 7.92. The van der Waals surface area contributed by atoms with Crippen LogP contribution in [0.1, 0.15) is 25.0 Å². The second-order valence-electron chi connectivity index (χ2n) is 10.7. The Morgan fingerprint density at radius 3 is 2.02 bits per heavy atom. The molecule has 0 bridgehead atoms. The predicted octanol–water partition coefficient (Wildman–Crippen LogP) is 6.36. The van der Waals surface area contributed by atoms with Gasteiger partial charge >= 0.3 is 0 Å². The molecule has 1 atom stereocenters. The number of rotatable bonds is 13. The summed E-state index contributed by atoms with van der Waals surface area (Å²) >= 11 is 12.6. The Hall–Kier alpha value is -4.05. The summed E-state index contributed by atoms with van der Waals surface area (Å²) in [6, 6.07) is 27.4. The van der Waals surface area contributed by atoms with E-state index in [4.69, 9.17) is 27.9 Å². The average molecular weight is 669 g/mol. The van der Waals surface area contributed by atoms with Gasteiger partial charge in [-0.2, -0.15) is 0 Å². The van der Waals surface area contributed by atoms with Crippen molar-refractivity contribution in [2.45, 2.75) is 43.8 Å². The highest BCUT2D eigenvalue weighted by Gasteiger charge is 2.35. The van der Waals surface area contributed by atoms with Crippen molar-refractivity contribution in [1.29, 1.82) is 0 Å². The minimum atomic E-state index is -4.28. The molecular weight excluding hydrogens is 633 g/mol. The second kappa shape index (κ2) is 15.3. The second-order valence-corrected chi connectivity index (χ2v) is 13.4. The Labute approximate surface area is 274 Å². The van der Waals surface area contributed by atoms with Gasteiger partial charge in [0, 0.05) is 29.1 Å². The summed E-state index contributed by atoms with van der Waals surface area (Å²) in [5.74, 6) is -0.394. The van der Waals surface area contributed by atoms with Crippen LogP contribution in [0, 0.1) is 0 Å². The molecular formula is C34H35Cl2N3O5S. The third-order valence-electron chi connectivity index (χ3n) is 6.93. The van der Waals surface area contributed by atoms with E-state index in [2.05, 4.69) is 5.32 Å². The fourth-order valence-electron chi connectivity index (χ4n) is 4.83. The molecule has 0 radical (unpaired) electrons. The lowest BCUT2D eigenvalue weighted by molar-refractivity contribution is -0.140. The van der Waals surface area contributed by atoms with Gasteiger partial charge in [0.2, 0.25) is 11.8 Å². The fourth-order valence-corrected chi connectivity index (χ4v) is 6.77. The molecule has 11 heteroatoms. The van der Waals surface area contributed by atoms with Crippen LogP contribution in [0.5, 0.6) is 5.75 Å². The standard InChI is InChI=1S/C34H35Cl2N3O5S/c1-24(2)37-34(41)32(18-25-11-6-4-7-12-25)38(22-26-13-10-14-30(17-26)44-3)33(40)23-39(29-20-27(35)19-28(36)21-29)45(42,43)31-15-8-5-9-16-31/h4-17,19-21,24,32H,18,22-23H2,1-3H3,(H,37,41)/t32-/m1/s1. The van der Waals surface area contributed by atoms with Crippen LogP contribution < -0.4 is 14.4 Å². The first-order valence-corrected chi connectivity index (χ1v) is 16.5. The number of benzene rings is 4. The third kappa shape index (κ3) is 9.00. The van der Waals surface area contributed by atoms with Crippen molar-refractivity contribution in [2.24, 2.45) is 0 Å². The summed E-state index contributed by atoms with van der Waals surface area (Å²) in [5.41, 5.74) is 1.64. The summed E-state index contributed by atoms with van der Waals surface area (Å²) in [6.07, 6.45) is 0.198. The fraction of sp³-hybridized carbons (Fsp3) is 0.235. The van der Waals surface area contributed by atoms with E-state index in [-0.39, 0.29) is 45.5 Å². The molecule has 0 aliphatic rings. The molecule has 0 unspecified atom stereocenters. The first kappa shape index (κ1) is 33.8. The lowest BCUT2D eigenvalue weighted by Gasteiger charge is -2.34. The SMILES string of the molecule is COc1cccc(CN(C(=O)CN(c2cc(Cl)cc(Cl)c2)S(=O)(=O)c2ccccc2)[C@H](Cc2ccccc2)C(=O)NC(C)C)c1. The van der Waals surface area contributed by atoms with Gasteiger partial charge < -0.3 is 15.0 Å². The monoisotopic (exact) mass is 667 g/mol. The summed E-state index contributed by atoms with van der Waals surface area (Å²) in [6.45, 7) is 3.05. The van der Waals surface area contributed by atoms with Crippen molar-refractivity contribution in [3.05, 3.63) is 124 Å². The largest absolute Gasteiger partial charge is 0.497 e. The lowest BCUT2D eigenvalue weighted by atomic mass is 10.0. The van der Waals surface area contributed by atoms with Crippen LogP contribution in [0.25, 0.3) is 0 Å². The van der Waals surface area contributed by atoms with Crippen LogP contribution in [0.3, 0.4) is 0 Å². The zero-order valence-electron chi connectivity index (χ0n) is 25.2. The molecule has 4 rings (SSSR count). The van der Waals surface area contributed by atoms with Crippen molar-refractivity contribution in [1.82, 2.24) is 10.2 Å². The molecule has 1 N–H and O–H groups in total. The van der Waals surface area contributed by atoms with E-state index in [1.165, 1.54) is 35.2 Å². The topological polar surface area (TPSA) is 96.0 Å². The Balaban J connectivity index is 1.83. The molecule has 0 heterocycles. The zero-order chi connectivity index (χ0) is 32.6. The first-order valence-electron chi connectivity index (χ1n) is 14.3. The van der Waals surface area contributed by atoms with Crippen molar-refractivity contribution >= 4 is 50.7 Å². The number of hydrogen-bond donors (Lipinski definition) is 1. The molecule has 45 heavy (non-hydrogen) atoms. The molecule has 0 saturated carbocycles. The van der Waals surface area contributed by atoms with Gasteiger partial charge in [-0.3, -0.25) is 13.9 Å². The summed E-state index contributed by atoms with van der Waals surface area (Å²) in [7, 11) is -2.74. The van der Waals surface area contributed by atoms with E-state index in [1.807, 2.05) is 50.2 Å². The van der Waals surface area contributed by atoms with Gasteiger partial charge in [-0.15, -0.1) is 0 Å². The number of nitrogens with one attached hydrogen (secondary N) is 1. The van der Waals surface area contributed by atoms with E-state index in [0.717, 1.165) is 9.87 Å².